The molecule has 2 aliphatic rings. The Bertz CT molecular complexity index is 680. The van der Waals surface area contributed by atoms with Crippen LogP contribution >= 0.6 is 0 Å². The lowest BCUT2D eigenvalue weighted by molar-refractivity contribution is -0.115. The summed E-state index contributed by atoms with van der Waals surface area (Å²) in [7, 11) is 0. The predicted molar refractivity (Wildman–Crippen MR) is 111 cm³/mol. The number of hydrogen-bond acceptors (Lipinski definition) is 4. The van der Waals surface area contributed by atoms with E-state index in [4.69, 9.17) is 4.74 Å². The summed E-state index contributed by atoms with van der Waals surface area (Å²) in [5.74, 6) is -0.0422. The molecule has 7 heteroatoms. The zero-order chi connectivity index (χ0) is 19.9. The van der Waals surface area contributed by atoms with Crippen LogP contribution in [0.5, 0.6) is 0 Å². The van der Waals surface area contributed by atoms with Gasteiger partial charge in [-0.25, -0.2) is 4.79 Å². The fourth-order valence-corrected chi connectivity index (χ4v) is 3.76. The number of rotatable bonds is 6. The molecule has 3 amide bonds. The summed E-state index contributed by atoms with van der Waals surface area (Å²) in [6.07, 6.45) is 5.04. The Balaban J connectivity index is 1.44. The molecule has 7 nitrogen and oxygen atoms in total. The van der Waals surface area contributed by atoms with Crippen LogP contribution in [0.2, 0.25) is 0 Å². The first-order valence-corrected chi connectivity index (χ1v) is 10.4. The maximum absolute atomic E-state index is 12.4. The zero-order valence-electron chi connectivity index (χ0n) is 16.9. The molecule has 2 aliphatic heterocycles. The lowest BCUT2D eigenvalue weighted by Crippen LogP contribution is -2.47. The predicted octanol–water partition coefficient (Wildman–Crippen LogP) is 3.11. The van der Waals surface area contributed by atoms with Gasteiger partial charge < -0.3 is 25.6 Å². The quantitative estimate of drug-likeness (QED) is 0.699. The topological polar surface area (TPSA) is 82.7 Å². The number of nitrogens with zero attached hydrogens (tertiary/aromatic N) is 1. The zero-order valence-corrected chi connectivity index (χ0v) is 16.9. The summed E-state index contributed by atoms with van der Waals surface area (Å²) in [5, 5.41) is 8.82. The molecule has 0 radical (unpaired) electrons. The number of urea groups is 1. The monoisotopic (exact) mass is 388 g/mol. The molecule has 3 N–H and O–H groups in total. The summed E-state index contributed by atoms with van der Waals surface area (Å²) in [6, 6.07) is 5.53. The molecule has 1 aromatic rings. The maximum Gasteiger partial charge on any atom is 0.319 e. The van der Waals surface area contributed by atoms with Crippen LogP contribution < -0.4 is 16.0 Å². The van der Waals surface area contributed by atoms with E-state index in [1.54, 1.807) is 6.07 Å². The number of carbonyl (C=O) groups is 2. The number of carbonyl (C=O) groups excluding carboxylic acids is 2. The summed E-state index contributed by atoms with van der Waals surface area (Å²) in [6.45, 7) is 7.62. The van der Waals surface area contributed by atoms with E-state index in [2.05, 4.69) is 20.9 Å². The first-order valence-electron chi connectivity index (χ1n) is 10.4. The van der Waals surface area contributed by atoms with Crippen LogP contribution in [0.25, 0.3) is 0 Å². The highest BCUT2D eigenvalue weighted by atomic mass is 16.5. The van der Waals surface area contributed by atoms with Crippen LogP contribution in [0.4, 0.5) is 16.2 Å². The largest absolute Gasteiger partial charge is 0.377 e. The van der Waals surface area contributed by atoms with Gasteiger partial charge in [-0.1, -0.05) is 13.0 Å². The van der Waals surface area contributed by atoms with E-state index in [-0.39, 0.29) is 18.0 Å². The number of nitrogens with one attached hydrogen (secondary N) is 3. The van der Waals surface area contributed by atoms with Gasteiger partial charge in [0, 0.05) is 50.1 Å². The van der Waals surface area contributed by atoms with E-state index in [0.717, 1.165) is 56.8 Å². The molecular formula is C21H32N4O3. The standard InChI is InChI=1S/C21H32N4O3/c1-3-20(26)24-19-13-17(7-6-15(19)2)23-21(27)22-16-8-10-25(11-9-16)14-18-5-4-12-28-18/h6-7,13,16,18H,3-5,8-12,14H2,1-2H3,(H,24,26)(H2,22,23,27)/t18-/m1/s1. The van der Waals surface area contributed by atoms with Gasteiger partial charge in [-0.2, -0.15) is 0 Å². The molecule has 3 rings (SSSR count). The SMILES string of the molecule is CCC(=O)Nc1cc(NC(=O)NC2CCN(C[C@H]3CCCO3)CC2)ccc1C. The minimum absolute atomic E-state index is 0.0422. The third-order valence-corrected chi connectivity index (χ3v) is 5.50. The maximum atomic E-state index is 12.4. The van der Waals surface area contributed by atoms with Crippen LogP contribution in [0, 0.1) is 6.92 Å². The van der Waals surface area contributed by atoms with E-state index in [1.165, 1.54) is 6.42 Å². The van der Waals surface area contributed by atoms with Crippen molar-refractivity contribution in [2.75, 3.05) is 36.9 Å². The van der Waals surface area contributed by atoms with E-state index in [1.807, 2.05) is 26.0 Å². The number of hydrogen-bond donors (Lipinski definition) is 3. The Labute approximate surface area is 167 Å². The van der Waals surface area contributed by atoms with Crippen molar-refractivity contribution in [3.05, 3.63) is 23.8 Å². The number of benzene rings is 1. The summed E-state index contributed by atoms with van der Waals surface area (Å²) < 4.78 is 5.71. The van der Waals surface area contributed by atoms with Gasteiger partial charge in [0.25, 0.3) is 0 Å². The number of piperidine rings is 1. The minimum Gasteiger partial charge on any atom is -0.377 e. The van der Waals surface area contributed by atoms with Crippen molar-refractivity contribution >= 4 is 23.3 Å². The highest BCUT2D eigenvalue weighted by Crippen LogP contribution is 2.21. The summed E-state index contributed by atoms with van der Waals surface area (Å²) in [4.78, 5) is 26.5. The lowest BCUT2D eigenvalue weighted by atomic mass is 10.0. The second-order valence-electron chi connectivity index (χ2n) is 7.74. The Morgan fingerprint density at radius 1 is 1.18 bits per heavy atom. The van der Waals surface area contributed by atoms with Gasteiger partial charge in [-0.05, 0) is 50.3 Å². The lowest BCUT2D eigenvalue weighted by Gasteiger charge is -2.33. The van der Waals surface area contributed by atoms with Crippen LogP contribution in [0.3, 0.4) is 0 Å². The average molecular weight is 389 g/mol. The van der Waals surface area contributed by atoms with Crippen molar-refractivity contribution in [2.45, 2.75) is 58.1 Å². The van der Waals surface area contributed by atoms with Gasteiger partial charge in [0.2, 0.25) is 5.91 Å². The van der Waals surface area contributed by atoms with Crippen molar-refractivity contribution in [3.8, 4) is 0 Å². The molecule has 1 aromatic carbocycles. The Morgan fingerprint density at radius 3 is 2.64 bits per heavy atom. The van der Waals surface area contributed by atoms with Gasteiger partial charge in [0.05, 0.1) is 6.10 Å². The van der Waals surface area contributed by atoms with Crippen molar-refractivity contribution in [1.29, 1.82) is 0 Å². The van der Waals surface area contributed by atoms with Crippen LogP contribution in [-0.4, -0.2) is 55.2 Å². The van der Waals surface area contributed by atoms with Gasteiger partial charge >= 0.3 is 6.03 Å². The van der Waals surface area contributed by atoms with E-state index in [9.17, 15) is 9.59 Å². The van der Waals surface area contributed by atoms with Crippen molar-refractivity contribution in [3.63, 3.8) is 0 Å². The van der Waals surface area contributed by atoms with E-state index < -0.39 is 0 Å². The smallest absolute Gasteiger partial charge is 0.319 e. The highest BCUT2D eigenvalue weighted by Gasteiger charge is 2.24. The summed E-state index contributed by atoms with van der Waals surface area (Å²) >= 11 is 0. The second-order valence-corrected chi connectivity index (χ2v) is 7.74. The minimum atomic E-state index is -0.200. The molecule has 0 aromatic heterocycles. The van der Waals surface area contributed by atoms with E-state index >= 15 is 0 Å². The fraction of sp³-hybridized carbons (Fsp3) is 0.619. The average Bonchev–Trinajstić information content (AvgIpc) is 3.19. The van der Waals surface area contributed by atoms with Crippen molar-refractivity contribution in [2.24, 2.45) is 0 Å². The summed E-state index contributed by atoms with van der Waals surface area (Å²) in [5.41, 5.74) is 2.36. The van der Waals surface area contributed by atoms with Crippen molar-refractivity contribution < 1.29 is 14.3 Å². The Kier molecular flexibility index (Phi) is 7.28. The molecule has 154 valence electrons. The molecule has 2 fully saturated rings. The normalized spacial score (nSPS) is 20.7. The fourth-order valence-electron chi connectivity index (χ4n) is 3.76. The third-order valence-electron chi connectivity index (χ3n) is 5.50. The van der Waals surface area contributed by atoms with Crippen LogP contribution in [0.1, 0.15) is 44.6 Å². The van der Waals surface area contributed by atoms with E-state index in [0.29, 0.717) is 18.2 Å². The van der Waals surface area contributed by atoms with Crippen molar-refractivity contribution in [1.82, 2.24) is 10.2 Å². The van der Waals surface area contributed by atoms with Gasteiger partial charge in [-0.15, -0.1) is 0 Å². The highest BCUT2D eigenvalue weighted by molar-refractivity contribution is 5.94. The number of ether oxygens (including phenoxy) is 1. The van der Waals surface area contributed by atoms with Gasteiger partial charge in [0.15, 0.2) is 0 Å². The van der Waals surface area contributed by atoms with Crippen LogP contribution in [0.15, 0.2) is 18.2 Å². The van der Waals surface area contributed by atoms with Gasteiger partial charge in [-0.3, -0.25) is 4.79 Å². The molecule has 0 unspecified atom stereocenters. The first-order chi connectivity index (χ1) is 13.5. The number of likely N-dealkylation sites (tertiary alicyclic amines) is 1. The third kappa shape index (κ3) is 5.94. The molecule has 0 bridgehead atoms. The first kappa shape index (κ1) is 20.6. The number of amides is 3. The Morgan fingerprint density at radius 2 is 1.96 bits per heavy atom. The molecule has 0 aliphatic carbocycles. The van der Waals surface area contributed by atoms with Gasteiger partial charge in [0.1, 0.15) is 0 Å². The molecule has 0 saturated carbocycles. The molecule has 28 heavy (non-hydrogen) atoms. The number of aryl methyl sites for hydroxylation is 1. The molecule has 0 spiro atoms. The number of anilines is 2. The second kappa shape index (κ2) is 9.89. The molecule has 1 atom stereocenters. The Hall–Kier alpha value is -2.12. The molecule has 2 saturated heterocycles. The molecular weight excluding hydrogens is 356 g/mol. The van der Waals surface area contributed by atoms with Crippen LogP contribution in [-0.2, 0) is 9.53 Å². The molecule has 2 heterocycles.